The van der Waals surface area contributed by atoms with Gasteiger partial charge in [0.1, 0.15) is 0 Å². The van der Waals surface area contributed by atoms with Gasteiger partial charge in [0.25, 0.3) is 0 Å². The van der Waals surface area contributed by atoms with Crippen molar-refractivity contribution in [2.75, 3.05) is 6.54 Å². The number of nitrogens with zero attached hydrogens (tertiary/aromatic N) is 3. The first-order chi connectivity index (χ1) is 9.86. The zero-order valence-corrected chi connectivity index (χ0v) is 12.0. The van der Waals surface area contributed by atoms with Crippen LogP contribution in [0.15, 0.2) is 34.9 Å². The highest BCUT2D eigenvalue weighted by molar-refractivity contribution is 5.20. The first-order valence-corrected chi connectivity index (χ1v) is 7.47. The number of likely N-dealkylation sites (tertiary alicyclic amines) is 1. The molecule has 3 rings (SSSR count). The van der Waals surface area contributed by atoms with Crippen LogP contribution in [0.5, 0.6) is 0 Å². The SMILES string of the molecule is CCCc1noc(CN2CCCC2c2ccccc2)n1. The summed E-state index contributed by atoms with van der Waals surface area (Å²) >= 11 is 0. The van der Waals surface area contributed by atoms with Crippen LogP contribution >= 0.6 is 0 Å². The first-order valence-electron chi connectivity index (χ1n) is 7.47. The normalized spacial score (nSPS) is 19.6. The van der Waals surface area contributed by atoms with E-state index in [1.54, 1.807) is 0 Å². The molecule has 1 aromatic carbocycles. The van der Waals surface area contributed by atoms with Gasteiger partial charge >= 0.3 is 0 Å². The van der Waals surface area contributed by atoms with Crippen LogP contribution < -0.4 is 0 Å². The van der Waals surface area contributed by atoms with Crippen molar-refractivity contribution in [3.05, 3.63) is 47.6 Å². The van der Waals surface area contributed by atoms with Crippen LogP contribution in [0.1, 0.15) is 49.5 Å². The number of aromatic nitrogens is 2. The molecule has 2 heterocycles. The number of aryl methyl sites for hydroxylation is 1. The minimum Gasteiger partial charge on any atom is -0.338 e. The van der Waals surface area contributed by atoms with Crippen molar-refractivity contribution in [1.82, 2.24) is 15.0 Å². The molecule has 20 heavy (non-hydrogen) atoms. The van der Waals surface area contributed by atoms with Crippen LogP contribution in [0.4, 0.5) is 0 Å². The zero-order chi connectivity index (χ0) is 13.8. The van der Waals surface area contributed by atoms with Crippen LogP contribution in [-0.4, -0.2) is 21.6 Å². The summed E-state index contributed by atoms with van der Waals surface area (Å²) in [6, 6.07) is 11.2. The smallest absolute Gasteiger partial charge is 0.240 e. The van der Waals surface area contributed by atoms with E-state index in [1.165, 1.54) is 18.4 Å². The van der Waals surface area contributed by atoms with Gasteiger partial charge in [-0.15, -0.1) is 0 Å². The van der Waals surface area contributed by atoms with E-state index in [2.05, 4.69) is 52.3 Å². The summed E-state index contributed by atoms with van der Waals surface area (Å²) in [4.78, 5) is 6.92. The van der Waals surface area contributed by atoms with Gasteiger partial charge in [-0.05, 0) is 31.4 Å². The Morgan fingerprint density at radius 1 is 1.30 bits per heavy atom. The summed E-state index contributed by atoms with van der Waals surface area (Å²) < 4.78 is 5.36. The maximum absolute atomic E-state index is 5.36. The molecule has 4 heteroatoms. The highest BCUT2D eigenvalue weighted by atomic mass is 16.5. The Morgan fingerprint density at radius 3 is 2.95 bits per heavy atom. The van der Waals surface area contributed by atoms with Crippen molar-refractivity contribution in [3.63, 3.8) is 0 Å². The van der Waals surface area contributed by atoms with Gasteiger partial charge in [-0.3, -0.25) is 4.90 Å². The van der Waals surface area contributed by atoms with Crippen LogP contribution in [0.25, 0.3) is 0 Å². The van der Waals surface area contributed by atoms with Gasteiger partial charge in [0.2, 0.25) is 5.89 Å². The second-order valence-corrected chi connectivity index (χ2v) is 5.39. The minimum absolute atomic E-state index is 0.484. The highest BCUT2D eigenvalue weighted by Crippen LogP contribution is 2.32. The average Bonchev–Trinajstić information content (AvgIpc) is 3.10. The molecule has 0 saturated carbocycles. The number of hydrogen-bond donors (Lipinski definition) is 0. The summed E-state index contributed by atoms with van der Waals surface area (Å²) in [5.41, 5.74) is 1.39. The molecule has 1 aliphatic rings. The second-order valence-electron chi connectivity index (χ2n) is 5.39. The molecule has 4 nitrogen and oxygen atoms in total. The zero-order valence-electron chi connectivity index (χ0n) is 12.0. The van der Waals surface area contributed by atoms with E-state index in [1.807, 2.05) is 0 Å². The summed E-state index contributed by atoms with van der Waals surface area (Å²) in [7, 11) is 0. The van der Waals surface area contributed by atoms with Gasteiger partial charge in [-0.1, -0.05) is 42.4 Å². The molecule has 1 aliphatic heterocycles. The van der Waals surface area contributed by atoms with E-state index in [9.17, 15) is 0 Å². The third kappa shape index (κ3) is 2.90. The van der Waals surface area contributed by atoms with Gasteiger partial charge in [0.15, 0.2) is 5.82 Å². The van der Waals surface area contributed by atoms with Gasteiger partial charge in [-0.25, -0.2) is 0 Å². The molecule has 106 valence electrons. The van der Waals surface area contributed by atoms with Crippen molar-refractivity contribution in [2.24, 2.45) is 0 Å². The number of rotatable bonds is 5. The number of benzene rings is 1. The third-order valence-electron chi connectivity index (χ3n) is 3.87. The monoisotopic (exact) mass is 271 g/mol. The maximum atomic E-state index is 5.36. The summed E-state index contributed by atoms with van der Waals surface area (Å²) in [5, 5.41) is 4.03. The van der Waals surface area contributed by atoms with Crippen LogP contribution in [0.2, 0.25) is 0 Å². The Bertz CT molecular complexity index is 538. The lowest BCUT2D eigenvalue weighted by molar-refractivity contribution is 0.212. The van der Waals surface area contributed by atoms with Crippen molar-refractivity contribution in [2.45, 2.75) is 45.2 Å². The van der Waals surface area contributed by atoms with E-state index < -0.39 is 0 Å². The fourth-order valence-electron chi connectivity index (χ4n) is 2.92. The summed E-state index contributed by atoms with van der Waals surface area (Å²) in [6.45, 7) is 3.99. The number of hydrogen-bond acceptors (Lipinski definition) is 4. The lowest BCUT2D eigenvalue weighted by Crippen LogP contribution is -2.22. The van der Waals surface area contributed by atoms with E-state index in [-0.39, 0.29) is 0 Å². The Labute approximate surface area is 119 Å². The van der Waals surface area contributed by atoms with Gasteiger partial charge in [-0.2, -0.15) is 4.98 Å². The predicted octanol–water partition coefficient (Wildman–Crippen LogP) is 3.36. The molecule has 0 radical (unpaired) electrons. The van der Waals surface area contributed by atoms with E-state index in [4.69, 9.17) is 4.52 Å². The molecule has 0 N–H and O–H groups in total. The van der Waals surface area contributed by atoms with Gasteiger partial charge in [0, 0.05) is 12.5 Å². The molecule has 1 fully saturated rings. The maximum Gasteiger partial charge on any atom is 0.240 e. The predicted molar refractivity (Wildman–Crippen MR) is 77.1 cm³/mol. The molecular weight excluding hydrogens is 250 g/mol. The molecule has 0 spiro atoms. The molecule has 0 bridgehead atoms. The van der Waals surface area contributed by atoms with Crippen LogP contribution in [0.3, 0.4) is 0 Å². The minimum atomic E-state index is 0.484. The molecule has 2 aromatic rings. The highest BCUT2D eigenvalue weighted by Gasteiger charge is 2.27. The lowest BCUT2D eigenvalue weighted by Gasteiger charge is -2.22. The van der Waals surface area contributed by atoms with E-state index in [0.29, 0.717) is 6.04 Å². The molecule has 1 unspecified atom stereocenters. The van der Waals surface area contributed by atoms with Gasteiger partial charge in [0.05, 0.1) is 6.54 Å². The quantitative estimate of drug-likeness (QED) is 0.836. The standard InChI is InChI=1S/C16H21N3O/c1-2-7-15-17-16(20-18-15)12-19-11-6-10-14(19)13-8-4-3-5-9-13/h3-5,8-9,14H,2,6-7,10-12H2,1H3. The topological polar surface area (TPSA) is 42.2 Å². The third-order valence-corrected chi connectivity index (χ3v) is 3.87. The Balaban J connectivity index is 1.69. The van der Waals surface area contributed by atoms with Crippen molar-refractivity contribution >= 4 is 0 Å². The molecule has 1 atom stereocenters. The largest absolute Gasteiger partial charge is 0.338 e. The summed E-state index contributed by atoms with van der Waals surface area (Å²) in [5.74, 6) is 1.58. The Kier molecular flexibility index (Phi) is 4.11. The lowest BCUT2D eigenvalue weighted by atomic mass is 10.0. The molecular formula is C16H21N3O. The van der Waals surface area contributed by atoms with Crippen molar-refractivity contribution < 1.29 is 4.52 Å². The first kappa shape index (κ1) is 13.3. The van der Waals surface area contributed by atoms with Gasteiger partial charge < -0.3 is 4.52 Å². The van der Waals surface area contributed by atoms with E-state index in [0.717, 1.165) is 37.6 Å². The second kappa shape index (κ2) is 6.18. The fourth-order valence-corrected chi connectivity index (χ4v) is 2.92. The van der Waals surface area contributed by atoms with Crippen molar-refractivity contribution in [3.8, 4) is 0 Å². The molecule has 0 aliphatic carbocycles. The summed E-state index contributed by atoms with van der Waals surface area (Å²) in [6.07, 6.45) is 4.39. The van der Waals surface area contributed by atoms with Crippen LogP contribution in [0, 0.1) is 0 Å². The fraction of sp³-hybridized carbons (Fsp3) is 0.500. The average molecular weight is 271 g/mol. The van der Waals surface area contributed by atoms with Crippen molar-refractivity contribution in [1.29, 1.82) is 0 Å². The van der Waals surface area contributed by atoms with Crippen LogP contribution in [-0.2, 0) is 13.0 Å². The Morgan fingerprint density at radius 2 is 2.15 bits per heavy atom. The van der Waals surface area contributed by atoms with E-state index >= 15 is 0 Å². The molecule has 0 amide bonds. The Hall–Kier alpha value is -1.68. The molecule has 1 aromatic heterocycles. The molecule has 1 saturated heterocycles.